The molecule has 1 saturated heterocycles. The molecule has 3 heterocycles. The first-order valence-corrected chi connectivity index (χ1v) is 10.3. The molecule has 0 spiro atoms. The van der Waals surface area contributed by atoms with Crippen molar-refractivity contribution in [2.24, 2.45) is 0 Å². The van der Waals surface area contributed by atoms with Gasteiger partial charge in [-0.05, 0) is 34.9 Å². The molecule has 0 aromatic heterocycles. The van der Waals surface area contributed by atoms with E-state index < -0.39 is 11.7 Å². The van der Waals surface area contributed by atoms with Crippen LogP contribution in [0.5, 0.6) is 0 Å². The zero-order valence-corrected chi connectivity index (χ0v) is 16.9. The van der Waals surface area contributed by atoms with Crippen LogP contribution in [-0.4, -0.2) is 25.0 Å². The molecular formula is C24H18BrNO2. The molecule has 0 N–H and O–H groups in total. The monoisotopic (exact) mass is 431 g/mol. The highest BCUT2D eigenvalue weighted by atomic mass is 79.9. The van der Waals surface area contributed by atoms with Crippen LogP contribution in [0.15, 0.2) is 77.3 Å². The third kappa shape index (κ3) is 1.85. The highest BCUT2D eigenvalue weighted by Gasteiger charge is 2.66. The Hall–Kier alpha value is -2.43. The van der Waals surface area contributed by atoms with E-state index in [1.807, 2.05) is 24.3 Å². The number of anilines is 1. The van der Waals surface area contributed by atoms with E-state index >= 15 is 0 Å². The van der Waals surface area contributed by atoms with E-state index in [0.717, 1.165) is 21.2 Å². The molecular weight excluding hydrogens is 414 g/mol. The average Bonchev–Trinajstić information content (AvgIpc) is 3.20. The number of benzene rings is 3. The predicted octanol–water partition coefficient (Wildman–Crippen LogP) is 4.89. The van der Waals surface area contributed by atoms with E-state index in [9.17, 15) is 4.79 Å². The Bertz CT molecular complexity index is 1130. The molecule has 3 aliphatic heterocycles. The van der Waals surface area contributed by atoms with E-state index in [0.29, 0.717) is 0 Å². The lowest BCUT2D eigenvalue weighted by atomic mass is 9.72. The molecule has 3 aliphatic rings. The second-order valence-corrected chi connectivity index (χ2v) is 8.75. The smallest absolute Gasteiger partial charge is 0.194 e. The number of ketones is 1. The van der Waals surface area contributed by atoms with Crippen LogP contribution < -0.4 is 4.90 Å². The first-order chi connectivity index (χ1) is 13.6. The van der Waals surface area contributed by atoms with Gasteiger partial charge >= 0.3 is 0 Å². The quantitative estimate of drug-likeness (QED) is 0.549. The van der Waals surface area contributed by atoms with E-state index in [4.69, 9.17) is 4.74 Å². The maximum atomic E-state index is 13.4. The van der Waals surface area contributed by atoms with Gasteiger partial charge in [-0.25, -0.2) is 0 Å². The minimum atomic E-state index is -0.665. The minimum absolute atomic E-state index is 0.0237. The summed E-state index contributed by atoms with van der Waals surface area (Å²) in [5.41, 5.74) is 4.63. The summed E-state index contributed by atoms with van der Waals surface area (Å²) >= 11 is 3.65. The van der Waals surface area contributed by atoms with Crippen LogP contribution >= 0.6 is 15.9 Å². The molecule has 2 bridgehead atoms. The van der Waals surface area contributed by atoms with Crippen molar-refractivity contribution in [2.75, 3.05) is 11.9 Å². The van der Waals surface area contributed by atoms with Crippen molar-refractivity contribution in [3.63, 3.8) is 0 Å². The minimum Gasteiger partial charge on any atom is -0.368 e. The Labute approximate surface area is 172 Å². The highest BCUT2D eigenvalue weighted by molar-refractivity contribution is 9.10. The number of nitrogens with zero attached hydrogens (tertiary/aromatic N) is 1. The van der Waals surface area contributed by atoms with Gasteiger partial charge in [0.05, 0.1) is 6.04 Å². The molecule has 28 heavy (non-hydrogen) atoms. The molecule has 3 nitrogen and oxygen atoms in total. The summed E-state index contributed by atoms with van der Waals surface area (Å²) in [6, 6.07) is 24.7. The van der Waals surface area contributed by atoms with Gasteiger partial charge in [-0.1, -0.05) is 70.5 Å². The van der Waals surface area contributed by atoms with Gasteiger partial charge in [0.25, 0.3) is 0 Å². The predicted molar refractivity (Wildman–Crippen MR) is 112 cm³/mol. The van der Waals surface area contributed by atoms with Crippen LogP contribution in [-0.2, 0) is 10.3 Å². The zero-order chi connectivity index (χ0) is 19.0. The number of Topliss-reactive ketones (excluding diaryl/α,β-unsaturated/α-hetero) is 1. The molecule has 1 fully saturated rings. The van der Waals surface area contributed by atoms with E-state index in [-0.39, 0.29) is 17.7 Å². The van der Waals surface area contributed by atoms with Crippen LogP contribution in [0.4, 0.5) is 5.69 Å². The lowest BCUT2D eigenvalue weighted by Gasteiger charge is -2.39. The van der Waals surface area contributed by atoms with Crippen molar-refractivity contribution < 1.29 is 9.53 Å². The van der Waals surface area contributed by atoms with Crippen LogP contribution in [0.1, 0.15) is 33.0 Å². The third-order valence-corrected chi connectivity index (χ3v) is 7.10. The van der Waals surface area contributed by atoms with Gasteiger partial charge in [0, 0.05) is 28.7 Å². The van der Waals surface area contributed by atoms with Gasteiger partial charge in [-0.2, -0.15) is 0 Å². The van der Waals surface area contributed by atoms with Crippen molar-refractivity contribution in [3.8, 4) is 0 Å². The normalized spacial score (nSPS) is 29.4. The van der Waals surface area contributed by atoms with Crippen LogP contribution in [0.2, 0.25) is 0 Å². The van der Waals surface area contributed by atoms with Crippen LogP contribution in [0, 0.1) is 0 Å². The van der Waals surface area contributed by atoms with Gasteiger partial charge in [-0.3, -0.25) is 4.79 Å². The lowest BCUT2D eigenvalue weighted by Crippen LogP contribution is -2.43. The second kappa shape index (κ2) is 5.56. The molecule has 0 amide bonds. The number of ether oxygens (including phenoxy) is 1. The molecule has 0 aliphatic carbocycles. The summed E-state index contributed by atoms with van der Waals surface area (Å²) in [6.07, 6.45) is -0.476. The Morgan fingerprint density at radius 1 is 1.00 bits per heavy atom. The average molecular weight is 432 g/mol. The van der Waals surface area contributed by atoms with Crippen molar-refractivity contribution in [3.05, 3.63) is 99.5 Å². The van der Waals surface area contributed by atoms with Gasteiger partial charge in [0.2, 0.25) is 0 Å². The molecule has 3 aromatic rings. The number of hydrogen-bond acceptors (Lipinski definition) is 3. The summed E-state index contributed by atoms with van der Waals surface area (Å²) in [5, 5.41) is 0. The summed E-state index contributed by atoms with van der Waals surface area (Å²) in [5.74, 6) is 0.137. The Morgan fingerprint density at radius 3 is 2.57 bits per heavy atom. The van der Waals surface area contributed by atoms with Crippen molar-refractivity contribution >= 4 is 27.4 Å². The highest BCUT2D eigenvalue weighted by Crippen LogP contribution is 2.63. The Balaban J connectivity index is 1.72. The fourth-order valence-electron chi connectivity index (χ4n) is 5.55. The van der Waals surface area contributed by atoms with E-state index in [1.54, 1.807) is 0 Å². The number of carbonyl (C=O) groups excluding carboxylic acids is 1. The first kappa shape index (κ1) is 16.5. The fraction of sp³-hybridized carbons (Fsp3) is 0.208. The van der Waals surface area contributed by atoms with E-state index in [2.05, 4.69) is 76.4 Å². The summed E-state index contributed by atoms with van der Waals surface area (Å²) in [6.45, 7) is 0. The van der Waals surface area contributed by atoms with E-state index in [1.165, 1.54) is 11.3 Å². The van der Waals surface area contributed by atoms with Crippen molar-refractivity contribution in [1.82, 2.24) is 0 Å². The largest absolute Gasteiger partial charge is 0.368 e. The molecule has 4 atom stereocenters. The Kier molecular flexibility index (Phi) is 3.28. The fourth-order valence-corrected chi connectivity index (χ4v) is 5.93. The first-order valence-electron chi connectivity index (χ1n) is 9.52. The molecule has 3 aromatic carbocycles. The number of halogens is 1. The number of likely N-dealkylation sites (N-methyl/N-ethyl adjacent to an activating group) is 1. The third-order valence-electron chi connectivity index (χ3n) is 6.61. The van der Waals surface area contributed by atoms with Gasteiger partial charge in [0.15, 0.2) is 5.78 Å². The maximum absolute atomic E-state index is 13.4. The summed E-state index contributed by atoms with van der Waals surface area (Å²) in [7, 11) is 2.08. The number of rotatable bonds is 1. The molecule has 4 heteroatoms. The Morgan fingerprint density at radius 2 is 1.75 bits per heavy atom. The van der Waals surface area contributed by atoms with Gasteiger partial charge < -0.3 is 9.64 Å². The molecule has 6 rings (SSSR count). The molecule has 0 saturated carbocycles. The maximum Gasteiger partial charge on any atom is 0.194 e. The molecule has 138 valence electrons. The summed E-state index contributed by atoms with van der Waals surface area (Å²) in [4.78, 5) is 15.6. The van der Waals surface area contributed by atoms with Crippen molar-refractivity contribution in [1.29, 1.82) is 0 Å². The van der Waals surface area contributed by atoms with Crippen LogP contribution in [0.25, 0.3) is 0 Å². The van der Waals surface area contributed by atoms with Crippen molar-refractivity contribution in [2.45, 2.75) is 23.7 Å². The van der Waals surface area contributed by atoms with Gasteiger partial charge in [-0.15, -0.1) is 0 Å². The number of carbonyl (C=O) groups is 1. The standard InChI is InChI=1S/C24H18BrNO2/c1-26-19-12-11-15(25)13-17(19)20-21(26)23-22(27)16-9-5-6-10-18(16)24(20,28-23)14-7-3-2-4-8-14/h2-13,20-21,23H,1H3/t20-,21+,23+,24+/m0/s1. The SMILES string of the molecule is CN1c2ccc(Br)cc2[C@H]2[C@@H]1[C@H]1O[C@]2(c2ccccc2)c2ccccc2C1=O. The zero-order valence-electron chi connectivity index (χ0n) is 15.3. The van der Waals surface area contributed by atoms with Gasteiger partial charge in [0.1, 0.15) is 11.7 Å². The number of fused-ring (bicyclic) bond motifs is 9. The second-order valence-electron chi connectivity index (χ2n) is 7.83. The topological polar surface area (TPSA) is 29.5 Å². The number of hydrogen-bond donors (Lipinski definition) is 0. The lowest BCUT2D eigenvalue weighted by molar-refractivity contribution is -0.0241. The molecule has 0 radical (unpaired) electrons. The molecule has 0 unspecified atom stereocenters. The van der Waals surface area contributed by atoms with Crippen LogP contribution in [0.3, 0.4) is 0 Å². The summed E-state index contributed by atoms with van der Waals surface area (Å²) < 4.78 is 7.78.